The van der Waals surface area contributed by atoms with Crippen LogP contribution in [0.4, 0.5) is 4.79 Å². The zero-order chi connectivity index (χ0) is 39.5. The van der Waals surface area contributed by atoms with Gasteiger partial charge in [0.25, 0.3) is 0 Å². The summed E-state index contributed by atoms with van der Waals surface area (Å²) in [6, 6.07) is 23.2. The van der Waals surface area contributed by atoms with E-state index in [1.165, 1.54) is 20.0 Å². The molecule has 2 aliphatic heterocycles. The molecular weight excluding hydrogens is 715 g/mol. The summed E-state index contributed by atoms with van der Waals surface area (Å²) >= 11 is 0. The van der Waals surface area contributed by atoms with E-state index in [0.717, 1.165) is 82.9 Å². The predicted molar refractivity (Wildman–Crippen MR) is 217 cm³/mol. The first-order chi connectivity index (χ1) is 27.5. The Morgan fingerprint density at radius 2 is 1.44 bits per heavy atom. The van der Waals surface area contributed by atoms with Gasteiger partial charge in [0.15, 0.2) is 0 Å². The summed E-state index contributed by atoms with van der Waals surface area (Å²) in [6.07, 6.45) is 7.56. The number of amides is 3. The Hall–Kier alpha value is -5.89. The largest absolute Gasteiger partial charge is 0.453 e. The fourth-order valence-electron chi connectivity index (χ4n) is 8.95. The minimum Gasteiger partial charge on any atom is -0.453 e. The van der Waals surface area contributed by atoms with Crippen molar-refractivity contribution in [2.45, 2.75) is 83.3 Å². The highest BCUT2D eigenvalue weighted by atomic mass is 16.5. The normalized spacial score (nSPS) is 21.1. The van der Waals surface area contributed by atoms with Crippen molar-refractivity contribution in [2.75, 3.05) is 20.2 Å². The van der Waals surface area contributed by atoms with Crippen molar-refractivity contribution in [3.8, 4) is 23.1 Å². The number of aromatic amines is 2. The van der Waals surface area contributed by atoms with E-state index in [1.54, 1.807) is 0 Å². The van der Waals surface area contributed by atoms with Gasteiger partial charge in [0.2, 0.25) is 11.8 Å². The van der Waals surface area contributed by atoms with Crippen LogP contribution in [-0.2, 0) is 14.3 Å². The second-order valence-electron chi connectivity index (χ2n) is 17.2. The van der Waals surface area contributed by atoms with Crippen LogP contribution < -0.4 is 5.32 Å². The standard InChI is InChI=1S/C46H49N7O4/c1-28(2)39(51-44(56)57-4)43(55)53-27-46(20-21-46)24-38(53)41-48-34-17-14-31(22-35(34)49-41)11-10-30-12-15-33(16-13-30)36-25-47-40(50-36)37-23-45(18-19-45)26-52(37)42(54)29(3)32-8-6-5-7-9-32/h5-9,12-17,22,25,28-29,37-39H,18-21,23-24,26-27H2,1-4H3,(H,47,50)(H,48,49)(H,51,56)/t29-,37-,38-,39-/m0/s1. The zero-order valence-electron chi connectivity index (χ0n) is 33.0. The molecule has 3 aromatic carbocycles. The molecule has 0 radical (unpaired) electrons. The van der Waals surface area contributed by atoms with Gasteiger partial charge in [-0.05, 0) is 104 Å². The van der Waals surface area contributed by atoms with E-state index in [0.29, 0.717) is 6.54 Å². The minimum absolute atomic E-state index is 0.0599. The molecule has 2 aliphatic carbocycles. The predicted octanol–water partition coefficient (Wildman–Crippen LogP) is 7.64. The molecule has 4 atom stereocenters. The molecule has 0 unspecified atom stereocenters. The molecule has 11 nitrogen and oxygen atoms in total. The highest BCUT2D eigenvalue weighted by Gasteiger charge is 2.56. The van der Waals surface area contributed by atoms with E-state index in [9.17, 15) is 14.4 Å². The van der Waals surface area contributed by atoms with Gasteiger partial charge in [-0.15, -0.1) is 0 Å². The number of methoxy groups -OCH3 is 1. The number of benzene rings is 3. The quantitative estimate of drug-likeness (QED) is 0.139. The van der Waals surface area contributed by atoms with Gasteiger partial charge in [-0.2, -0.15) is 0 Å². The van der Waals surface area contributed by atoms with Crippen LogP contribution >= 0.6 is 0 Å². The molecule has 292 valence electrons. The second kappa shape index (κ2) is 14.2. The lowest BCUT2D eigenvalue weighted by atomic mass is 9.99. The molecule has 2 spiro atoms. The molecule has 57 heavy (non-hydrogen) atoms. The maximum atomic E-state index is 13.9. The maximum Gasteiger partial charge on any atom is 0.407 e. The SMILES string of the molecule is COC(=O)N[C@H](C(=O)N1CC2(CC2)C[C@H]1c1nc2ccc(C#Cc3ccc(-c4cnc([C@@H]5CC6(CC6)CN5C(=O)[C@@H](C)c5ccccc5)[nH]4)cc3)cc2[nH]1)C(C)C. The van der Waals surface area contributed by atoms with E-state index < -0.39 is 12.1 Å². The molecule has 5 aromatic rings. The van der Waals surface area contributed by atoms with E-state index in [4.69, 9.17) is 14.7 Å². The van der Waals surface area contributed by atoms with Crippen LogP contribution in [0.3, 0.4) is 0 Å². The van der Waals surface area contributed by atoms with Gasteiger partial charge in [-0.1, -0.05) is 68.2 Å². The van der Waals surface area contributed by atoms with Crippen LogP contribution in [0.2, 0.25) is 0 Å². The molecule has 11 heteroatoms. The lowest BCUT2D eigenvalue weighted by molar-refractivity contribution is -0.136. The smallest absolute Gasteiger partial charge is 0.407 e. The molecule has 4 aliphatic rings. The Morgan fingerprint density at radius 1 is 0.807 bits per heavy atom. The summed E-state index contributed by atoms with van der Waals surface area (Å²) in [5.41, 5.74) is 6.74. The van der Waals surface area contributed by atoms with E-state index >= 15 is 0 Å². The van der Waals surface area contributed by atoms with Crippen molar-refractivity contribution in [3.63, 3.8) is 0 Å². The Kier molecular flexibility index (Phi) is 9.18. The van der Waals surface area contributed by atoms with Crippen molar-refractivity contribution in [1.82, 2.24) is 35.1 Å². The van der Waals surface area contributed by atoms with E-state index in [1.807, 2.05) is 92.5 Å². The number of alkyl carbamates (subject to hydrolysis) is 1. The third-order valence-electron chi connectivity index (χ3n) is 12.8. The third-order valence-corrected chi connectivity index (χ3v) is 12.8. The van der Waals surface area contributed by atoms with E-state index in [-0.39, 0.29) is 46.6 Å². The Morgan fingerprint density at radius 3 is 2.09 bits per heavy atom. The monoisotopic (exact) mass is 763 g/mol. The first-order valence-electron chi connectivity index (χ1n) is 20.2. The number of hydrogen-bond acceptors (Lipinski definition) is 6. The van der Waals surface area contributed by atoms with Gasteiger partial charge in [0.05, 0.1) is 48.0 Å². The lowest BCUT2D eigenvalue weighted by Gasteiger charge is -2.30. The molecule has 4 fully saturated rings. The Labute approximate surface area is 333 Å². The number of imidazole rings is 2. The minimum atomic E-state index is -0.685. The number of nitrogens with one attached hydrogen (secondary N) is 3. The maximum absolute atomic E-state index is 13.9. The topological polar surface area (TPSA) is 136 Å². The van der Waals surface area contributed by atoms with Crippen LogP contribution in [-0.4, -0.2) is 73.9 Å². The molecule has 3 N–H and O–H groups in total. The van der Waals surface area contributed by atoms with Gasteiger partial charge in [-0.25, -0.2) is 14.8 Å². The van der Waals surface area contributed by atoms with Crippen LogP contribution in [0.25, 0.3) is 22.3 Å². The number of ether oxygens (including phenoxy) is 1. The number of likely N-dealkylation sites (tertiary alicyclic amines) is 2. The number of aromatic nitrogens is 4. The van der Waals surface area contributed by atoms with Gasteiger partial charge < -0.3 is 29.8 Å². The number of fused-ring (bicyclic) bond motifs is 1. The molecule has 0 bridgehead atoms. The van der Waals surface area contributed by atoms with Crippen LogP contribution in [0.5, 0.6) is 0 Å². The van der Waals surface area contributed by atoms with Crippen molar-refractivity contribution < 1.29 is 19.1 Å². The summed E-state index contributed by atoms with van der Waals surface area (Å²) in [7, 11) is 1.31. The average Bonchev–Trinajstić information content (AvgIpc) is 3.84. The number of H-pyrrole nitrogens is 2. The Balaban J connectivity index is 0.889. The lowest BCUT2D eigenvalue weighted by Crippen LogP contribution is -2.51. The summed E-state index contributed by atoms with van der Waals surface area (Å²) in [5, 5.41) is 2.75. The number of carbonyl (C=O) groups is 3. The molecule has 2 saturated heterocycles. The average molecular weight is 764 g/mol. The number of carbonyl (C=O) groups excluding carboxylic acids is 3. The summed E-state index contributed by atoms with van der Waals surface area (Å²) in [6.45, 7) is 7.31. The first-order valence-corrected chi connectivity index (χ1v) is 20.2. The van der Waals surface area contributed by atoms with Crippen LogP contribution in [0.15, 0.2) is 79.0 Å². The van der Waals surface area contributed by atoms with Gasteiger partial charge in [0.1, 0.15) is 17.7 Å². The third kappa shape index (κ3) is 7.18. The number of nitrogens with zero attached hydrogens (tertiary/aromatic N) is 4. The molecule has 4 heterocycles. The van der Waals surface area contributed by atoms with Crippen LogP contribution in [0.1, 0.15) is 106 Å². The molecule has 2 saturated carbocycles. The summed E-state index contributed by atoms with van der Waals surface area (Å²) < 4.78 is 4.82. The van der Waals surface area contributed by atoms with Crippen molar-refractivity contribution in [3.05, 3.63) is 107 Å². The van der Waals surface area contributed by atoms with Gasteiger partial charge in [-0.3, -0.25) is 9.59 Å². The first kappa shape index (κ1) is 36.7. The summed E-state index contributed by atoms with van der Waals surface area (Å²) in [4.78, 5) is 60.6. The molecule has 2 aromatic heterocycles. The molecule has 9 rings (SSSR count). The molecular formula is C46H49N7O4. The summed E-state index contributed by atoms with van der Waals surface area (Å²) in [5.74, 6) is 7.96. The fraction of sp³-hybridized carbons (Fsp3) is 0.413. The van der Waals surface area contributed by atoms with Crippen LogP contribution in [0, 0.1) is 28.6 Å². The van der Waals surface area contributed by atoms with Crippen molar-refractivity contribution in [2.24, 2.45) is 16.7 Å². The fourth-order valence-corrected chi connectivity index (χ4v) is 8.95. The van der Waals surface area contributed by atoms with Crippen molar-refractivity contribution >= 4 is 28.9 Å². The van der Waals surface area contributed by atoms with Crippen molar-refractivity contribution in [1.29, 1.82) is 0 Å². The second-order valence-corrected chi connectivity index (χ2v) is 17.2. The van der Waals surface area contributed by atoms with Gasteiger partial charge in [0, 0.05) is 24.2 Å². The Bertz CT molecular complexity index is 2400. The highest BCUT2D eigenvalue weighted by Crippen LogP contribution is 2.59. The van der Waals surface area contributed by atoms with E-state index in [2.05, 4.69) is 44.2 Å². The highest BCUT2D eigenvalue weighted by molar-refractivity contribution is 5.87. The van der Waals surface area contributed by atoms with Gasteiger partial charge >= 0.3 is 6.09 Å². The number of hydrogen-bond donors (Lipinski definition) is 3. The zero-order valence-corrected chi connectivity index (χ0v) is 33.0. The molecule has 3 amide bonds. The number of rotatable bonds is 8.